The Morgan fingerprint density at radius 1 is 1.67 bits per heavy atom. The number of hydrogen-bond donors (Lipinski definition) is 1. The van der Waals surface area contributed by atoms with Gasteiger partial charge < -0.3 is 5.11 Å². The van der Waals surface area contributed by atoms with Gasteiger partial charge in [-0.1, -0.05) is 0 Å². The second kappa shape index (κ2) is 4.31. The summed E-state index contributed by atoms with van der Waals surface area (Å²) < 4.78 is 24.6. The van der Waals surface area contributed by atoms with E-state index in [9.17, 15) is 13.6 Å². The van der Waals surface area contributed by atoms with E-state index in [1.807, 2.05) is 0 Å². The molecule has 0 saturated heterocycles. The summed E-state index contributed by atoms with van der Waals surface area (Å²) in [5.41, 5.74) is -1.58. The van der Waals surface area contributed by atoms with Crippen molar-refractivity contribution in [2.24, 2.45) is 0 Å². The molecule has 1 heterocycles. The Morgan fingerprint density at radius 3 is 2.67 bits per heavy atom. The van der Waals surface area contributed by atoms with E-state index >= 15 is 0 Å². The average molecular weight is 277 g/mol. The third kappa shape index (κ3) is 2.10. The molecule has 0 spiro atoms. The lowest BCUT2D eigenvalue weighted by Crippen LogP contribution is -2.07. The van der Waals surface area contributed by atoms with Crippen LogP contribution in [0.15, 0.2) is 10.7 Å². The molecule has 0 radical (unpaired) electrons. The molecule has 0 aliphatic carbocycles. The molecule has 4 nitrogen and oxygen atoms in total. The molecule has 1 aromatic rings. The Bertz CT molecular complexity index is 457. The lowest BCUT2D eigenvalue weighted by Gasteiger charge is -2.06. The van der Waals surface area contributed by atoms with Crippen molar-refractivity contribution < 1.29 is 18.7 Å². The number of aromatic nitrogens is 1. The second-order valence-corrected chi connectivity index (χ2v) is 3.26. The van der Waals surface area contributed by atoms with E-state index in [0.717, 1.165) is 0 Å². The molecule has 78 valence electrons. The molecule has 0 bridgehead atoms. The lowest BCUT2D eigenvalue weighted by molar-refractivity contribution is 0.0683. The molecular formula is C8H3BrF2N2O2. The highest BCUT2D eigenvalue weighted by molar-refractivity contribution is 9.10. The van der Waals surface area contributed by atoms with E-state index in [-0.39, 0.29) is 10.2 Å². The van der Waals surface area contributed by atoms with Crippen molar-refractivity contribution in [1.29, 1.82) is 5.26 Å². The highest BCUT2D eigenvalue weighted by atomic mass is 79.9. The van der Waals surface area contributed by atoms with Gasteiger partial charge in [-0.2, -0.15) is 5.26 Å². The number of carboxylic acid groups (broad SMARTS) is 1. The molecule has 7 heteroatoms. The van der Waals surface area contributed by atoms with Gasteiger partial charge in [0.05, 0.1) is 15.6 Å². The van der Waals surface area contributed by atoms with Gasteiger partial charge in [-0.05, 0) is 15.9 Å². The van der Waals surface area contributed by atoms with E-state index in [1.54, 1.807) is 6.07 Å². The summed E-state index contributed by atoms with van der Waals surface area (Å²) in [5, 5.41) is 17.2. The largest absolute Gasteiger partial charge is 0.478 e. The predicted octanol–water partition coefficient (Wildman–Crippen LogP) is 2.35. The van der Waals surface area contributed by atoms with Crippen molar-refractivity contribution in [3.8, 4) is 6.07 Å². The monoisotopic (exact) mass is 276 g/mol. The van der Waals surface area contributed by atoms with Crippen LogP contribution in [-0.4, -0.2) is 16.1 Å². The molecule has 15 heavy (non-hydrogen) atoms. The van der Waals surface area contributed by atoms with Crippen molar-refractivity contribution in [2.45, 2.75) is 6.43 Å². The first kappa shape index (κ1) is 11.5. The van der Waals surface area contributed by atoms with Gasteiger partial charge in [-0.25, -0.2) is 18.6 Å². The minimum Gasteiger partial charge on any atom is -0.478 e. The third-order valence-electron chi connectivity index (χ3n) is 1.60. The Balaban J connectivity index is 3.53. The zero-order valence-electron chi connectivity index (χ0n) is 7.04. The van der Waals surface area contributed by atoms with Crippen molar-refractivity contribution in [1.82, 2.24) is 4.98 Å². The number of nitrogens with zero attached hydrogens (tertiary/aromatic N) is 2. The van der Waals surface area contributed by atoms with Crippen LogP contribution in [0.2, 0.25) is 0 Å². The van der Waals surface area contributed by atoms with Gasteiger partial charge in [0.1, 0.15) is 6.07 Å². The Hall–Kier alpha value is -1.55. The van der Waals surface area contributed by atoms with Crippen molar-refractivity contribution in [3.63, 3.8) is 0 Å². The second-order valence-electron chi connectivity index (χ2n) is 2.47. The fraction of sp³-hybridized carbons (Fsp3) is 0.125. The molecule has 0 unspecified atom stereocenters. The zero-order valence-corrected chi connectivity index (χ0v) is 8.62. The molecule has 0 fully saturated rings. The lowest BCUT2D eigenvalue weighted by atomic mass is 10.1. The van der Waals surface area contributed by atoms with E-state index in [1.165, 1.54) is 0 Å². The minimum absolute atomic E-state index is 0.227. The first-order valence-corrected chi connectivity index (χ1v) is 4.38. The normalized spacial score (nSPS) is 10.1. The highest BCUT2D eigenvalue weighted by Crippen LogP contribution is 2.29. The summed E-state index contributed by atoms with van der Waals surface area (Å²) in [6, 6.07) is 1.59. The topological polar surface area (TPSA) is 74.0 Å². The standard InChI is InChI=1S/C8H3BrF2N2O2/c9-6-4(1-12)13-2-3(7(10)11)5(6)8(14)15/h2,7H,(H,14,15). The predicted molar refractivity (Wildman–Crippen MR) is 48.6 cm³/mol. The van der Waals surface area contributed by atoms with Crippen molar-refractivity contribution in [2.75, 3.05) is 0 Å². The number of carboxylic acids is 1. The Morgan fingerprint density at radius 2 is 2.27 bits per heavy atom. The van der Waals surface area contributed by atoms with E-state index in [0.29, 0.717) is 6.20 Å². The fourth-order valence-corrected chi connectivity index (χ4v) is 1.55. The summed E-state index contributed by atoms with van der Waals surface area (Å²) in [5.74, 6) is -1.53. The number of pyridine rings is 1. The van der Waals surface area contributed by atoms with Gasteiger partial charge >= 0.3 is 5.97 Å². The SMILES string of the molecule is N#Cc1ncc(C(F)F)c(C(=O)O)c1Br. The smallest absolute Gasteiger partial charge is 0.337 e. The molecule has 0 atom stereocenters. The summed E-state index contributed by atoms with van der Waals surface area (Å²) >= 11 is 2.76. The van der Waals surface area contributed by atoms with Gasteiger partial charge in [0, 0.05) is 6.20 Å². The highest BCUT2D eigenvalue weighted by Gasteiger charge is 2.23. The van der Waals surface area contributed by atoms with Crippen LogP contribution >= 0.6 is 15.9 Å². The van der Waals surface area contributed by atoms with Gasteiger partial charge in [-0.3, -0.25) is 0 Å². The number of alkyl halides is 2. The molecule has 1 rings (SSSR count). The maximum atomic E-state index is 12.4. The van der Waals surface area contributed by atoms with Crippen LogP contribution in [0, 0.1) is 11.3 Å². The molecule has 0 aromatic carbocycles. The third-order valence-corrected chi connectivity index (χ3v) is 2.38. The van der Waals surface area contributed by atoms with Crippen molar-refractivity contribution >= 4 is 21.9 Å². The van der Waals surface area contributed by atoms with Gasteiger partial charge in [-0.15, -0.1) is 0 Å². The van der Waals surface area contributed by atoms with Crippen LogP contribution in [-0.2, 0) is 0 Å². The average Bonchev–Trinajstić information content (AvgIpc) is 2.16. The maximum Gasteiger partial charge on any atom is 0.337 e. The first-order chi connectivity index (χ1) is 6.99. The molecular weight excluding hydrogens is 274 g/mol. The number of hydrogen-bond acceptors (Lipinski definition) is 3. The summed E-state index contributed by atoms with van der Waals surface area (Å²) in [4.78, 5) is 14.1. The molecule has 0 aliphatic rings. The molecule has 1 N–H and O–H groups in total. The summed E-state index contributed by atoms with van der Waals surface area (Å²) in [6.07, 6.45) is -2.26. The number of rotatable bonds is 2. The maximum absolute atomic E-state index is 12.4. The van der Waals surface area contributed by atoms with Gasteiger partial charge in [0.15, 0.2) is 5.69 Å². The molecule has 0 amide bonds. The number of carbonyl (C=O) groups is 1. The Kier molecular flexibility index (Phi) is 3.31. The van der Waals surface area contributed by atoms with Crippen molar-refractivity contribution in [3.05, 3.63) is 27.5 Å². The van der Waals surface area contributed by atoms with Gasteiger partial charge in [0.25, 0.3) is 6.43 Å². The van der Waals surface area contributed by atoms with Crippen LogP contribution in [0.3, 0.4) is 0 Å². The number of halogens is 3. The first-order valence-electron chi connectivity index (χ1n) is 3.59. The van der Waals surface area contributed by atoms with Crippen LogP contribution < -0.4 is 0 Å². The molecule has 1 aromatic heterocycles. The zero-order chi connectivity index (χ0) is 11.6. The van der Waals surface area contributed by atoms with E-state index in [4.69, 9.17) is 10.4 Å². The number of aromatic carboxylic acids is 1. The molecule has 0 aliphatic heterocycles. The Labute approximate surface area is 91.3 Å². The van der Waals surface area contributed by atoms with Crippen LogP contribution in [0.25, 0.3) is 0 Å². The van der Waals surface area contributed by atoms with Crippen LogP contribution in [0.5, 0.6) is 0 Å². The van der Waals surface area contributed by atoms with Crippen LogP contribution in [0.4, 0.5) is 8.78 Å². The quantitative estimate of drug-likeness (QED) is 0.900. The summed E-state index contributed by atoms with van der Waals surface area (Å²) in [7, 11) is 0. The van der Waals surface area contributed by atoms with E-state index < -0.39 is 23.5 Å². The minimum atomic E-state index is -2.95. The fourth-order valence-electron chi connectivity index (χ4n) is 0.961. The van der Waals surface area contributed by atoms with Gasteiger partial charge in [0.2, 0.25) is 0 Å². The number of nitriles is 1. The molecule has 0 saturated carbocycles. The summed E-state index contributed by atoms with van der Waals surface area (Å²) in [6.45, 7) is 0. The van der Waals surface area contributed by atoms with E-state index in [2.05, 4.69) is 20.9 Å². The van der Waals surface area contributed by atoms with Crippen LogP contribution in [0.1, 0.15) is 28.0 Å².